The Labute approximate surface area is 175 Å². The molecule has 0 aliphatic heterocycles. The number of hydrogen-bond donors (Lipinski definition) is 3. The summed E-state index contributed by atoms with van der Waals surface area (Å²) in [5.74, 6) is 2.16. The molecule has 3 fully saturated rings. The molecule has 0 radical (unpaired) electrons. The van der Waals surface area contributed by atoms with Crippen LogP contribution in [0.15, 0.2) is 6.33 Å². The van der Waals surface area contributed by atoms with E-state index in [0.717, 1.165) is 0 Å². The number of nitrogens with one attached hydrogen (secondary N) is 1. The van der Waals surface area contributed by atoms with E-state index in [-0.39, 0.29) is 17.2 Å². The average Bonchev–Trinajstić information content (AvgIpc) is 3.02. The molecule has 3 N–H and O–H groups in total. The van der Waals surface area contributed by atoms with Crippen LogP contribution in [0.1, 0.15) is 64.8 Å². The maximum absolute atomic E-state index is 10.7. The predicted octanol–water partition coefficient (Wildman–Crippen LogP) is 3.55. The van der Waals surface area contributed by atoms with Gasteiger partial charge in [0.15, 0.2) is 17.0 Å². The lowest BCUT2D eigenvalue weighted by Gasteiger charge is -2.43. The molecule has 3 aliphatic rings. The second kappa shape index (κ2) is 7.06. The van der Waals surface area contributed by atoms with Gasteiger partial charge in [0.1, 0.15) is 6.10 Å². The number of rotatable bonds is 5. The first-order valence-corrected chi connectivity index (χ1v) is 11.3. The van der Waals surface area contributed by atoms with Gasteiger partial charge in [-0.15, -0.1) is 0 Å². The van der Waals surface area contributed by atoms with Crippen LogP contribution in [-0.4, -0.2) is 47.5 Å². The molecule has 0 spiro atoms. The minimum absolute atomic E-state index is 0.0836. The van der Waals surface area contributed by atoms with Gasteiger partial charge in [-0.3, -0.25) is 0 Å². The molecule has 29 heavy (non-hydrogen) atoms. The summed E-state index contributed by atoms with van der Waals surface area (Å²) in [4.78, 5) is 13.5. The zero-order valence-corrected chi connectivity index (χ0v) is 17.8. The van der Waals surface area contributed by atoms with Gasteiger partial charge in [-0.2, -0.15) is 9.97 Å². The first-order valence-electron chi connectivity index (χ1n) is 10.9. The molecule has 3 aliphatic carbocycles. The fourth-order valence-electron chi connectivity index (χ4n) is 5.58. The minimum atomic E-state index is -1.13. The fraction of sp³-hybridized carbons (Fsp3) is 0.762. The van der Waals surface area contributed by atoms with Gasteiger partial charge in [0.2, 0.25) is 5.28 Å². The van der Waals surface area contributed by atoms with Crippen LogP contribution >= 0.6 is 11.6 Å². The summed E-state index contributed by atoms with van der Waals surface area (Å²) in [5.41, 5.74) is 0.170. The highest BCUT2D eigenvalue weighted by molar-refractivity contribution is 6.28. The number of hydrogen-bond acceptors (Lipinski definition) is 6. The van der Waals surface area contributed by atoms with Crippen molar-refractivity contribution in [3.63, 3.8) is 0 Å². The van der Waals surface area contributed by atoms with E-state index in [1.54, 1.807) is 13.3 Å². The highest BCUT2D eigenvalue weighted by Crippen LogP contribution is 2.44. The van der Waals surface area contributed by atoms with Gasteiger partial charge in [0.05, 0.1) is 18.0 Å². The van der Waals surface area contributed by atoms with Crippen molar-refractivity contribution >= 4 is 28.6 Å². The molecule has 5 rings (SSSR count). The number of aliphatic hydroxyl groups excluding tert-OH is 1. The Hall–Kier alpha value is -1.44. The number of halogens is 1. The van der Waals surface area contributed by atoms with Gasteiger partial charge in [-0.25, -0.2) is 4.98 Å². The molecule has 2 heterocycles. The lowest BCUT2D eigenvalue weighted by atomic mass is 9.68. The maximum atomic E-state index is 10.7. The van der Waals surface area contributed by atoms with Crippen molar-refractivity contribution in [3.05, 3.63) is 11.6 Å². The third-order valence-corrected chi connectivity index (χ3v) is 7.78. The normalized spacial score (nSPS) is 33.2. The van der Waals surface area contributed by atoms with Crippen molar-refractivity contribution in [3.8, 4) is 0 Å². The number of imidazole rings is 1. The largest absolute Gasteiger partial charge is 0.388 e. The molecular formula is C21H30ClN5O2. The molecule has 7 nitrogen and oxygen atoms in total. The summed E-state index contributed by atoms with van der Waals surface area (Å²) >= 11 is 6.31. The summed E-state index contributed by atoms with van der Waals surface area (Å²) < 4.78 is 1.87. The van der Waals surface area contributed by atoms with E-state index in [0.29, 0.717) is 41.3 Å². The Morgan fingerprint density at radius 2 is 1.86 bits per heavy atom. The van der Waals surface area contributed by atoms with Crippen LogP contribution < -0.4 is 5.32 Å². The van der Waals surface area contributed by atoms with Crippen LogP contribution in [-0.2, 0) is 0 Å². The molecule has 2 aromatic heterocycles. The zero-order valence-electron chi connectivity index (χ0n) is 17.1. The highest BCUT2D eigenvalue weighted by Gasteiger charge is 2.49. The summed E-state index contributed by atoms with van der Waals surface area (Å²) in [6.45, 7) is 3.72. The maximum Gasteiger partial charge on any atom is 0.226 e. The monoisotopic (exact) mass is 419 g/mol. The van der Waals surface area contributed by atoms with E-state index in [4.69, 9.17) is 11.6 Å². The van der Waals surface area contributed by atoms with Crippen molar-refractivity contribution in [1.29, 1.82) is 0 Å². The van der Waals surface area contributed by atoms with Crippen LogP contribution in [0.3, 0.4) is 0 Å². The second-order valence-corrected chi connectivity index (χ2v) is 10.0. The standard InChI is InChI=1S/C21H30ClN5O2/c1-11-9-21(2,29)17(28)16(11)27-10-23-15-18(25-20(22)26-19(15)27)24-14(12-5-3-6-12)13-7-4-8-13/h10-14,16-17,28-29H,3-9H2,1-2H3,(H,24,25,26)/t11-,16+,17-,21-/m0/s1. The molecule has 3 saturated carbocycles. The molecule has 4 atom stereocenters. The summed E-state index contributed by atoms with van der Waals surface area (Å²) in [6, 6.07) is 0.108. The zero-order chi connectivity index (χ0) is 20.3. The molecule has 0 saturated heterocycles. The number of aliphatic hydroxyl groups is 2. The van der Waals surface area contributed by atoms with Crippen molar-refractivity contribution in [2.75, 3.05) is 5.32 Å². The van der Waals surface area contributed by atoms with Gasteiger partial charge in [0.25, 0.3) is 0 Å². The fourth-order valence-corrected chi connectivity index (χ4v) is 5.75. The highest BCUT2D eigenvalue weighted by atomic mass is 35.5. The summed E-state index contributed by atoms with van der Waals surface area (Å²) in [6.07, 6.45) is 9.02. The van der Waals surface area contributed by atoms with Crippen LogP contribution in [0, 0.1) is 17.8 Å². The van der Waals surface area contributed by atoms with E-state index < -0.39 is 11.7 Å². The smallest absolute Gasteiger partial charge is 0.226 e. The molecule has 0 unspecified atom stereocenters. The SMILES string of the molecule is C[C@H]1C[C@](C)(O)[C@@H](O)[C@@H]1n1cnc2c(NC(C3CCC3)C3CCC3)nc(Cl)nc21. The molecule has 158 valence electrons. The molecular weight excluding hydrogens is 390 g/mol. The number of fused-ring (bicyclic) bond motifs is 1. The number of anilines is 1. The van der Waals surface area contributed by atoms with Crippen LogP contribution in [0.25, 0.3) is 11.2 Å². The van der Waals surface area contributed by atoms with E-state index in [9.17, 15) is 10.2 Å². The van der Waals surface area contributed by atoms with Crippen LogP contribution in [0.2, 0.25) is 5.28 Å². The molecule has 2 aromatic rings. The van der Waals surface area contributed by atoms with Crippen molar-refractivity contribution in [1.82, 2.24) is 19.5 Å². The summed E-state index contributed by atoms with van der Waals surface area (Å²) in [5, 5.41) is 25.1. The third-order valence-electron chi connectivity index (χ3n) is 7.61. The Balaban J connectivity index is 1.51. The van der Waals surface area contributed by atoms with E-state index >= 15 is 0 Å². The van der Waals surface area contributed by atoms with Gasteiger partial charge in [0, 0.05) is 6.04 Å². The molecule has 0 aromatic carbocycles. The number of aromatic nitrogens is 4. The minimum Gasteiger partial charge on any atom is -0.388 e. The molecule has 8 heteroatoms. The lowest BCUT2D eigenvalue weighted by molar-refractivity contribution is -0.0512. The van der Waals surface area contributed by atoms with Crippen molar-refractivity contribution in [2.24, 2.45) is 17.8 Å². The first-order chi connectivity index (χ1) is 13.8. The third kappa shape index (κ3) is 3.22. The topological polar surface area (TPSA) is 96.1 Å². The Morgan fingerprint density at radius 1 is 1.21 bits per heavy atom. The van der Waals surface area contributed by atoms with E-state index in [1.165, 1.54) is 38.5 Å². The van der Waals surface area contributed by atoms with Gasteiger partial charge in [-0.05, 0) is 68.4 Å². The van der Waals surface area contributed by atoms with Crippen LogP contribution in [0.4, 0.5) is 5.82 Å². The van der Waals surface area contributed by atoms with E-state index in [2.05, 4.69) is 20.3 Å². The van der Waals surface area contributed by atoms with Gasteiger partial charge < -0.3 is 20.1 Å². The lowest BCUT2D eigenvalue weighted by Crippen LogP contribution is -2.42. The predicted molar refractivity (Wildman–Crippen MR) is 112 cm³/mol. The summed E-state index contributed by atoms with van der Waals surface area (Å²) in [7, 11) is 0. The first kappa shape index (κ1) is 19.5. The number of nitrogens with zero attached hydrogens (tertiary/aromatic N) is 4. The Kier molecular flexibility index (Phi) is 4.76. The van der Waals surface area contributed by atoms with Gasteiger partial charge in [-0.1, -0.05) is 19.8 Å². The second-order valence-electron chi connectivity index (χ2n) is 9.69. The molecule has 0 amide bonds. The molecule has 0 bridgehead atoms. The Bertz CT molecular complexity index is 894. The van der Waals surface area contributed by atoms with Crippen molar-refractivity contribution in [2.45, 2.75) is 82.6 Å². The quantitative estimate of drug-likeness (QED) is 0.641. The van der Waals surface area contributed by atoms with Crippen LogP contribution in [0.5, 0.6) is 0 Å². The Morgan fingerprint density at radius 3 is 2.38 bits per heavy atom. The average molecular weight is 420 g/mol. The van der Waals surface area contributed by atoms with E-state index in [1.807, 2.05) is 11.5 Å². The van der Waals surface area contributed by atoms with Gasteiger partial charge >= 0.3 is 0 Å². The van der Waals surface area contributed by atoms with Crippen molar-refractivity contribution < 1.29 is 10.2 Å².